The van der Waals surface area contributed by atoms with E-state index in [0.717, 1.165) is 19.3 Å². The quantitative estimate of drug-likeness (QED) is 0.114. The lowest BCUT2D eigenvalue weighted by Gasteiger charge is -2.34. The molecule has 0 aromatic carbocycles. The summed E-state index contributed by atoms with van der Waals surface area (Å²) >= 11 is 0. The molecule has 35 heavy (non-hydrogen) atoms. The van der Waals surface area contributed by atoms with Gasteiger partial charge >= 0.3 is 5.97 Å². The van der Waals surface area contributed by atoms with E-state index in [4.69, 9.17) is 9.47 Å². The van der Waals surface area contributed by atoms with Gasteiger partial charge in [-0.15, -0.1) is 0 Å². The number of esters is 1. The SMILES string of the molecule is CCCCCCCCCCCCCCCCCCCCCCC(=O)OC[C@H]1OC[C@@H](O)[C@@H](O)[C@@H]1O. The Morgan fingerprint density at radius 3 is 1.49 bits per heavy atom. The number of unbranched alkanes of at least 4 members (excludes halogenated alkanes) is 19. The summed E-state index contributed by atoms with van der Waals surface area (Å²) in [7, 11) is 0. The molecule has 0 unspecified atom stereocenters. The topological polar surface area (TPSA) is 96.2 Å². The van der Waals surface area contributed by atoms with Gasteiger partial charge in [0, 0.05) is 6.42 Å². The maximum atomic E-state index is 11.9. The Bertz CT molecular complexity index is 486. The molecule has 208 valence electrons. The third-order valence-corrected chi connectivity index (χ3v) is 7.25. The Morgan fingerprint density at radius 1 is 0.657 bits per heavy atom. The zero-order valence-electron chi connectivity index (χ0n) is 22.6. The molecule has 6 heteroatoms. The molecule has 0 saturated carbocycles. The van der Waals surface area contributed by atoms with Gasteiger partial charge in [0.15, 0.2) is 0 Å². The number of ether oxygens (including phenoxy) is 2. The molecule has 0 radical (unpaired) electrons. The molecule has 6 nitrogen and oxygen atoms in total. The lowest BCUT2D eigenvalue weighted by molar-refractivity contribution is -0.201. The van der Waals surface area contributed by atoms with Crippen LogP contribution in [0.4, 0.5) is 0 Å². The summed E-state index contributed by atoms with van der Waals surface area (Å²) in [6.45, 7) is 2.11. The molecule has 1 aliphatic heterocycles. The van der Waals surface area contributed by atoms with E-state index in [1.165, 1.54) is 109 Å². The Labute approximate surface area is 215 Å². The van der Waals surface area contributed by atoms with Gasteiger partial charge in [0.25, 0.3) is 0 Å². The van der Waals surface area contributed by atoms with E-state index >= 15 is 0 Å². The molecule has 0 aromatic heterocycles. The molecular weight excluding hydrogens is 444 g/mol. The van der Waals surface area contributed by atoms with Crippen molar-refractivity contribution < 1.29 is 29.6 Å². The van der Waals surface area contributed by atoms with Crippen LogP contribution in [-0.4, -0.2) is 58.9 Å². The Morgan fingerprint density at radius 2 is 1.06 bits per heavy atom. The van der Waals surface area contributed by atoms with Crippen molar-refractivity contribution in [2.45, 2.75) is 166 Å². The first kappa shape index (κ1) is 32.3. The number of aliphatic hydroxyl groups excluding tert-OH is 3. The van der Waals surface area contributed by atoms with E-state index in [0.29, 0.717) is 6.42 Å². The molecule has 1 aliphatic rings. The van der Waals surface area contributed by atoms with Crippen LogP contribution in [0.1, 0.15) is 142 Å². The van der Waals surface area contributed by atoms with Gasteiger partial charge in [0.05, 0.1) is 6.61 Å². The van der Waals surface area contributed by atoms with Crippen LogP contribution in [0.2, 0.25) is 0 Å². The first-order valence-corrected chi connectivity index (χ1v) is 14.9. The van der Waals surface area contributed by atoms with Crippen LogP contribution >= 0.6 is 0 Å². The summed E-state index contributed by atoms with van der Waals surface area (Å²) in [6.07, 6.45) is 22.5. The van der Waals surface area contributed by atoms with Crippen molar-refractivity contribution in [3.63, 3.8) is 0 Å². The van der Waals surface area contributed by atoms with Crippen molar-refractivity contribution >= 4 is 5.97 Å². The second-order valence-electron chi connectivity index (χ2n) is 10.6. The fourth-order valence-electron chi connectivity index (χ4n) is 4.79. The van der Waals surface area contributed by atoms with Crippen LogP contribution in [-0.2, 0) is 14.3 Å². The third-order valence-electron chi connectivity index (χ3n) is 7.25. The molecule has 3 N–H and O–H groups in total. The van der Waals surface area contributed by atoms with Crippen molar-refractivity contribution in [2.75, 3.05) is 13.2 Å². The predicted octanol–water partition coefficient (Wildman–Crippen LogP) is 6.22. The average molecular weight is 501 g/mol. The zero-order valence-corrected chi connectivity index (χ0v) is 22.6. The minimum atomic E-state index is -1.27. The van der Waals surface area contributed by atoms with Crippen LogP contribution < -0.4 is 0 Å². The summed E-state index contributed by atoms with van der Waals surface area (Å²) < 4.78 is 10.4. The first-order valence-electron chi connectivity index (χ1n) is 14.9. The molecular formula is C29H56O6. The van der Waals surface area contributed by atoms with Gasteiger partial charge in [-0.1, -0.05) is 129 Å². The van der Waals surface area contributed by atoms with Gasteiger partial charge in [0.1, 0.15) is 31.0 Å². The summed E-state index contributed by atoms with van der Waals surface area (Å²) in [6, 6.07) is 0. The fraction of sp³-hybridized carbons (Fsp3) is 0.966. The van der Waals surface area contributed by atoms with Crippen LogP contribution in [0.15, 0.2) is 0 Å². The predicted molar refractivity (Wildman–Crippen MR) is 141 cm³/mol. The van der Waals surface area contributed by atoms with E-state index in [9.17, 15) is 20.1 Å². The summed E-state index contributed by atoms with van der Waals surface area (Å²) in [5.41, 5.74) is 0. The molecule has 0 aromatic rings. The number of hydrogen-bond acceptors (Lipinski definition) is 6. The average Bonchev–Trinajstić information content (AvgIpc) is 2.85. The van der Waals surface area contributed by atoms with E-state index < -0.39 is 24.4 Å². The highest BCUT2D eigenvalue weighted by molar-refractivity contribution is 5.69. The van der Waals surface area contributed by atoms with Gasteiger partial charge in [-0.2, -0.15) is 0 Å². The summed E-state index contributed by atoms with van der Waals surface area (Å²) in [4.78, 5) is 11.9. The molecule has 0 spiro atoms. The number of carbonyl (C=O) groups is 1. The first-order chi connectivity index (χ1) is 17.1. The maximum Gasteiger partial charge on any atom is 0.305 e. The number of aliphatic hydroxyl groups is 3. The lowest BCUT2D eigenvalue weighted by Crippen LogP contribution is -2.54. The standard InChI is InChI=1S/C29H56O6/c1-2-3-4-5-6-7-8-9-10-11-12-13-14-15-16-17-18-19-20-21-22-27(31)35-24-26-29(33)28(32)25(30)23-34-26/h25-26,28-30,32-33H,2-24H2,1H3/t25-,26-,28-,29-/m1/s1. The Hall–Kier alpha value is -0.690. The highest BCUT2D eigenvalue weighted by Crippen LogP contribution is 2.17. The third kappa shape index (κ3) is 17.4. The number of carbonyl (C=O) groups excluding carboxylic acids is 1. The fourth-order valence-corrected chi connectivity index (χ4v) is 4.79. The molecule has 0 bridgehead atoms. The molecule has 0 amide bonds. The molecule has 1 saturated heterocycles. The molecule has 0 aliphatic carbocycles. The normalized spacial score (nSPS) is 22.4. The minimum absolute atomic E-state index is 0.0696. The van der Waals surface area contributed by atoms with Gasteiger partial charge < -0.3 is 24.8 Å². The Balaban J connectivity index is 1.77. The van der Waals surface area contributed by atoms with Crippen LogP contribution in [0, 0.1) is 0 Å². The maximum absolute atomic E-state index is 11.9. The highest BCUT2D eigenvalue weighted by Gasteiger charge is 2.38. The molecule has 1 fully saturated rings. The lowest BCUT2D eigenvalue weighted by atomic mass is 10.0. The van der Waals surface area contributed by atoms with Crippen LogP contribution in [0.5, 0.6) is 0 Å². The van der Waals surface area contributed by atoms with Crippen molar-refractivity contribution in [2.24, 2.45) is 0 Å². The van der Waals surface area contributed by atoms with Gasteiger partial charge in [0.2, 0.25) is 0 Å². The number of rotatable bonds is 23. The van der Waals surface area contributed by atoms with Crippen LogP contribution in [0.3, 0.4) is 0 Å². The van der Waals surface area contributed by atoms with Crippen molar-refractivity contribution in [3.05, 3.63) is 0 Å². The second-order valence-corrected chi connectivity index (χ2v) is 10.6. The smallest absolute Gasteiger partial charge is 0.305 e. The van der Waals surface area contributed by atoms with E-state index in [2.05, 4.69) is 6.92 Å². The highest BCUT2D eigenvalue weighted by atomic mass is 16.6. The van der Waals surface area contributed by atoms with Crippen molar-refractivity contribution in [1.29, 1.82) is 0 Å². The second kappa shape index (κ2) is 22.5. The zero-order chi connectivity index (χ0) is 25.6. The van der Waals surface area contributed by atoms with E-state index in [1.807, 2.05) is 0 Å². The van der Waals surface area contributed by atoms with Gasteiger partial charge in [-0.05, 0) is 6.42 Å². The van der Waals surface area contributed by atoms with Crippen LogP contribution in [0.25, 0.3) is 0 Å². The van der Waals surface area contributed by atoms with Crippen molar-refractivity contribution in [1.82, 2.24) is 0 Å². The molecule has 1 heterocycles. The summed E-state index contributed by atoms with van der Waals surface area (Å²) in [5, 5.41) is 28.9. The summed E-state index contributed by atoms with van der Waals surface area (Å²) in [5.74, 6) is -0.302. The minimum Gasteiger partial charge on any atom is -0.463 e. The van der Waals surface area contributed by atoms with E-state index in [-0.39, 0.29) is 19.2 Å². The molecule has 1 rings (SSSR count). The monoisotopic (exact) mass is 500 g/mol. The Kier molecular flexibility index (Phi) is 20.8. The van der Waals surface area contributed by atoms with Gasteiger partial charge in [-0.3, -0.25) is 4.79 Å². The van der Waals surface area contributed by atoms with Gasteiger partial charge in [-0.25, -0.2) is 0 Å². The molecule has 4 atom stereocenters. The number of hydrogen-bond donors (Lipinski definition) is 3. The van der Waals surface area contributed by atoms with E-state index in [1.54, 1.807) is 0 Å². The van der Waals surface area contributed by atoms with Crippen molar-refractivity contribution in [3.8, 4) is 0 Å². The largest absolute Gasteiger partial charge is 0.463 e.